The molecule has 2 aromatic heterocycles. The number of hydrogen-bond donors (Lipinski definition) is 1. The highest BCUT2D eigenvalue weighted by atomic mass is 16.5. The summed E-state index contributed by atoms with van der Waals surface area (Å²) in [6, 6.07) is 22.8. The van der Waals surface area contributed by atoms with Crippen LogP contribution in [0.4, 0.5) is 0 Å². The number of aryl methyl sites for hydroxylation is 4. The average Bonchev–Trinajstić information content (AvgIpc) is 3.17. The van der Waals surface area contributed by atoms with Crippen molar-refractivity contribution >= 4 is 17.2 Å². The van der Waals surface area contributed by atoms with Gasteiger partial charge in [0.2, 0.25) is 11.4 Å². The summed E-state index contributed by atoms with van der Waals surface area (Å²) in [5.74, 6) is 1.26. The summed E-state index contributed by atoms with van der Waals surface area (Å²) >= 11 is 0. The Hall–Kier alpha value is -4.57. The van der Waals surface area contributed by atoms with Crippen LogP contribution in [0, 0.1) is 33.1 Å². The van der Waals surface area contributed by atoms with Crippen LogP contribution in [0.3, 0.4) is 0 Å². The molecule has 2 aliphatic heterocycles. The van der Waals surface area contributed by atoms with Gasteiger partial charge in [-0.25, -0.2) is 0 Å². The first kappa shape index (κ1) is 35.8. The Morgan fingerprint density at radius 1 is 0.865 bits per heavy atom. The van der Waals surface area contributed by atoms with Gasteiger partial charge in [0.1, 0.15) is 11.7 Å². The van der Waals surface area contributed by atoms with Gasteiger partial charge in [0, 0.05) is 42.0 Å². The molecule has 0 saturated heterocycles. The van der Waals surface area contributed by atoms with Crippen LogP contribution in [0.25, 0.3) is 22.5 Å². The van der Waals surface area contributed by atoms with Crippen LogP contribution in [-0.4, -0.2) is 5.90 Å². The minimum Gasteiger partial charge on any atom is -0.444 e. The molecule has 52 heavy (non-hydrogen) atoms. The van der Waals surface area contributed by atoms with E-state index in [0.717, 1.165) is 36.2 Å². The highest BCUT2D eigenvalue weighted by Crippen LogP contribution is 2.51. The summed E-state index contributed by atoms with van der Waals surface area (Å²) in [4.78, 5) is 0. The second kappa shape index (κ2) is 14.1. The van der Waals surface area contributed by atoms with Gasteiger partial charge in [-0.2, -0.15) is 9.13 Å². The van der Waals surface area contributed by atoms with E-state index in [1.54, 1.807) is 6.92 Å². The molecule has 0 amide bonds. The van der Waals surface area contributed by atoms with Gasteiger partial charge in [-0.3, -0.25) is 5.41 Å². The maximum Gasteiger partial charge on any atom is 0.222 e. The Morgan fingerprint density at radius 2 is 1.58 bits per heavy atom. The molecule has 0 radical (unpaired) electrons. The molecule has 3 aliphatic rings. The highest BCUT2D eigenvalue weighted by molar-refractivity contribution is 5.83. The van der Waals surface area contributed by atoms with Gasteiger partial charge in [-0.05, 0) is 111 Å². The Labute approximate surface area is 312 Å². The third kappa shape index (κ3) is 6.08. The van der Waals surface area contributed by atoms with Crippen molar-refractivity contribution in [3.8, 4) is 11.3 Å². The molecule has 268 valence electrons. The quantitative estimate of drug-likeness (QED) is 0.0930. The molecule has 3 atom stereocenters. The summed E-state index contributed by atoms with van der Waals surface area (Å²) in [6.07, 6.45) is 13.7. The Morgan fingerprint density at radius 3 is 2.27 bits per heavy atom. The fourth-order valence-electron chi connectivity index (χ4n) is 10.2. The molecule has 1 N–H and O–H groups in total. The lowest BCUT2D eigenvalue weighted by molar-refractivity contribution is -0.720. The van der Waals surface area contributed by atoms with Crippen molar-refractivity contribution in [3.05, 3.63) is 142 Å². The second-order valence-electron chi connectivity index (χ2n) is 16.1. The van der Waals surface area contributed by atoms with E-state index in [1.807, 2.05) is 0 Å². The zero-order valence-corrected chi connectivity index (χ0v) is 32.5. The minimum atomic E-state index is -0.325. The molecule has 4 heteroatoms. The predicted octanol–water partition coefficient (Wildman–Crippen LogP) is 11.5. The normalized spacial score (nSPS) is 21.3. The Bertz CT molecular complexity index is 2110. The molecule has 7 rings (SSSR count). The summed E-state index contributed by atoms with van der Waals surface area (Å²) < 4.78 is 11.3. The number of aromatic nitrogens is 2. The largest absolute Gasteiger partial charge is 0.444 e. The lowest BCUT2D eigenvalue weighted by Crippen LogP contribution is -2.51. The van der Waals surface area contributed by atoms with Crippen LogP contribution in [0.1, 0.15) is 135 Å². The average molecular weight is 692 g/mol. The number of rotatable bonds is 6. The molecular formula is C48H57N3O+2. The van der Waals surface area contributed by atoms with E-state index in [1.165, 1.54) is 87.9 Å². The number of allylic oxidation sites excluding steroid dienone is 3. The number of pyridine rings is 2. The zero-order chi connectivity index (χ0) is 36.9. The van der Waals surface area contributed by atoms with Crippen LogP contribution in [-0.2, 0) is 10.2 Å². The number of fused-ring (bicyclic) bond motifs is 7. The van der Waals surface area contributed by atoms with Crippen molar-refractivity contribution in [2.24, 2.45) is 0 Å². The van der Waals surface area contributed by atoms with Gasteiger partial charge in [-0.1, -0.05) is 76.1 Å². The zero-order valence-electron chi connectivity index (χ0n) is 32.5. The fourth-order valence-corrected chi connectivity index (χ4v) is 10.2. The molecule has 4 heterocycles. The molecule has 0 spiro atoms. The van der Waals surface area contributed by atoms with Gasteiger partial charge in [0.05, 0.1) is 11.1 Å². The topological polar surface area (TPSA) is 40.8 Å². The van der Waals surface area contributed by atoms with Gasteiger partial charge in [-0.15, -0.1) is 0 Å². The minimum absolute atomic E-state index is 0.0477. The Balaban J connectivity index is 1.60. The van der Waals surface area contributed by atoms with Gasteiger partial charge < -0.3 is 4.74 Å². The van der Waals surface area contributed by atoms with Crippen LogP contribution < -0.4 is 9.13 Å². The molecular weight excluding hydrogens is 635 g/mol. The van der Waals surface area contributed by atoms with Crippen molar-refractivity contribution in [2.75, 3.05) is 0 Å². The van der Waals surface area contributed by atoms with Gasteiger partial charge in [0.25, 0.3) is 0 Å². The lowest BCUT2D eigenvalue weighted by Gasteiger charge is -2.37. The van der Waals surface area contributed by atoms with E-state index in [0.29, 0.717) is 11.7 Å². The van der Waals surface area contributed by atoms with Crippen LogP contribution >= 0.6 is 0 Å². The summed E-state index contributed by atoms with van der Waals surface area (Å²) in [5.41, 5.74) is 16.0. The first-order valence-corrected chi connectivity index (χ1v) is 19.5. The van der Waals surface area contributed by atoms with Crippen molar-refractivity contribution in [1.29, 1.82) is 5.41 Å². The van der Waals surface area contributed by atoms with Crippen LogP contribution in [0.15, 0.2) is 97.5 Å². The number of nitrogens with one attached hydrogen (secondary N) is 1. The molecule has 0 bridgehead atoms. The summed E-state index contributed by atoms with van der Waals surface area (Å²) in [5, 5.41) is 8.52. The SMILES string of the molecule is C=C(OC(C)=N)/C1=C(\C(C)(CC)c2c(C)cccc2C)CCC2C(C(=C)[n+]3cc(C)c(C4CCCCC4)cc31)c1ccccc1-c1ccc(C)c[n+]12. The van der Waals surface area contributed by atoms with Crippen molar-refractivity contribution in [1.82, 2.24) is 0 Å². The van der Waals surface area contributed by atoms with Gasteiger partial charge in [0.15, 0.2) is 30.0 Å². The summed E-state index contributed by atoms with van der Waals surface area (Å²) in [7, 11) is 0. The van der Waals surface area contributed by atoms with E-state index in [-0.39, 0.29) is 23.3 Å². The lowest BCUT2D eigenvalue weighted by atomic mass is 9.66. The molecule has 3 unspecified atom stereocenters. The molecule has 1 saturated carbocycles. The summed E-state index contributed by atoms with van der Waals surface area (Å²) in [6.45, 7) is 25.2. The van der Waals surface area contributed by atoms with Crippen LogP contribution in [0.2, 0.25) is 0 Å². The van der Waals surface area contributed by atoms with E-state index in [4.69, 9.17) is 16.7 Å². The van der Waals surface area contributed by atoms with E-state index in [9.17, 15) is 0 Å². The molecule has 4 aromatic rings. The molecule has 4 nitrogen and oxygen atoms in total. The molecule has 2 aromatic carbocycles. The maximum absolute atomic E-state index is 8.52. The number of nitrogens with zero attached hydrogens (tertiary/aromatic N) is 2. The standard InChI is InChI=1S/C48H57N3O/c1-10-48(9,47-31(3)17-16-18-32(47)4)41-24-26-43-45(39-22-15-14-21-38(39)42-25-23-30(2)28-51(42)43)34(6)50-29-33(5)40(37-19-12-11-13-20-37)27-44(50)46(41)35(7)52-36(8)49/h14-18,21-23,25,27-29,37,43,45,49H,6-7,10-13,19-20,24,26H2,1-5,8-9H3/q+2/b46-41+,49-36?. The molecule has 1 fully saturated rings. The molecule has 1 aliphatic carbocycles. The first-order valence-electron chi connectivity index (χ1n) is 19.5. The van der Waals surface area contributed by atoms with Crippen molar-refractivity contribution < 1.29 is 13.9 Å². The van der Waals surface area contributed by atoms with E-state index >= 15 is 0 Å². The number of hydrogen-bond acceptors (Lipinski definition) is 2. The number of benzene rings is 2. The van der Waals surface area contributed by atoms with Crippen molar-refractivity contribution in [2.45, 2.75) is 123 Å². The highest BCUT2D eigenvalue weighted by Gasteiger charge is 2.48. The van der Waals surface area contributed by atoms with Crippen LogP contribution in [0.5, 0.6) is 0 Å². The first-order chi connectivity index (χ1) is 24.9. The third-order valence-corrected chi connectivity index (χ3v) is 12.7. The third-order valence-electron chi connectivity index (χ3n) is 12.7. The van der Waals surface area contributed by atoms with Crippen molar-refractivity contribution in [3.63, 3.8) is 0 Å². The Kier molecular flexibility index (Phi) is 9.71. The predicted molar refractivity (Wildman–Crippen MR) is 214 cm³/mol. The maximum atomic E-state index is 8.52. The monoisotopic (exact) mass is 691 g/mol. The number of ether oxygens (including phenoxy) is 1. The van der Waals surface area contributed by atoms with E-state index < -0.39 is 0 Å². The van der Waals surface area contributed by atoms with Gasteiger partial charge >= 0.3 is 0 Å². The fraction of sp³-hybridized carbons (Fsp3) is 0.396. The van der Waals surface area contributed by atoms with E-state index in [2.05, 4.69) is 130 Å². The smallest absolute Gasteiger partial charge is 0.222 e. The second-order valence-corrected chi connectivity index (χ2v) is 16.1.